The zero-order valence-corrected chi connectivity index (χ0v) is 22.3. The summed E-state index contributed by atoms with van der Waals surface area (Å²) in [5.41, 5.74) is 6.00. The minimum Gasteiger partial charge on any atom is -0.490 e. The molecule has 1 atom stereocenters. The van der Waals surface area contributed by atoms with Crippen molar-refractivity contribution >= 4 is 27.3 Å². The first-order chi connectivity index (χ1) is 18.8. The van der Waals surface area contributed by atoms with Crippen LogP contribution in [0, 0.1) is 11.3 Å². The third-order valence-electron chi connectivity index (χ3n) is 7.67. The summed E-state index contributed by atoms with van der Waals surface area (Å²) in [5, 5.41) is 17.4. The molecule has 2 fully saturated rings. The highest BCUT2D eigenvalue weighted by Gasteiger charge is 2.30. The summed E-state index contributed by atoms with van der Waals surface area (Å²) in [7, 11) is -3.83. The van der Waals surface area contributed by atoms with Crippen LogP contribution in [-0.4, -0.2) is 27.5 Å². The maximum atomic E-state index is 13.2. The van der Waals surface area contributed by atoms with E-state index in [-0.39, 0.29) is 17.2 Å². The Morgan fingerprint density at radius 2 is 1.69 bits per heavy atom. The van der Waals surface area contributed by atoms with Crippen LogP contribution in [0.5, 0.6) is 5.75 Å². The molecule has 0 bridgehead atoms. The van der Waals surface area contributed by atoms with Crippen LogP contribution in [-0.2, 0) is 10.0 Å². The highest BCUT2D eigenvalue weighted by molar-refractivity contribution is 7.89. The molecule has 0 aromatic heterocycles. The van der Waals surface area contributed by atoms with E-state index in [9.17, 15) is 18.5 Å². The van der Waals surface area contributed by atoms with Gasteiger partial charge in [0.05, 0.1) is 35.7 Å². The third kappa shape index (κ3) is 5.49. The van der Waals surface area contributed by atoms with Gasteiger partial charge in [-0.25, -0.2) is 13.6 Å². The van der Waals surface area contributed by atoms with E-state index in [0.717, 1.165) is 12.2 Å². The number of anilines is 2. The van der Waals surface area contributed by atoms with Crippen LogP contribution < -0.4 is 20.1 Å². The fraction of sp³-hybridized carbons (Fsp3) is 0.333. The van der Waals surface area contributed by atoms with E-state index in [2.05, 4.69) is 34.5 Å². The van der Waals surface area contributed by atoms with Gasteiger partial charge in [0.25, 0.3) is 5.91 Å². The summed E-state index contributed by atoms with van der Waals surface area (Å²) < 4.78 is 29.1. The lowest BCUT2D eigenvalue weighted by atomic mass is 10.0. The number of fused-ring (bicyclic) bond motifs is 1. The number of hydrogen-bond acceptors (Lipinski definition) is 6. The fourth-order valence-corrected chi connectivity index (χ4v) is 5.74. The van der Waals surface area contributed by atoms with Crippen molar-refractivity contribution in [3.05, 3.63) is 82.9 Å². The van der Waals surface area contributed by atoms with E-state index in [1.165, 1.54) is 54.6 Å². The van der Waals surface area contributed by atoms with E-state index >= 15 is 0 Å². The second-order valence-corrected chi connectivity index (χ2v) is 12.2. The summed E-state index contributed by atoms with van der Waals surface area (Å²) in [6.45, 7) is 1.24. The number of carbonyl (C=O) groups excluding carboxylic acids is 1. The Hall–Kier alpha value is -3.87. The van der Waals surface area contributed by atoms with Gasteiger partial charge in [0.2, 0.25) is 10.0 Å². The number of nitrogens with zero attached hydrogens (tertiary/aromatic N) is 2. The van der Waals surface area contributed by atoms with Crippen molar-refractivity contribution in [2.75, 3.05) is 18.1 Å². The summed E-state index contributed by atoms with van der Waals surface area (Å²) >= 11 is 0. The predicted octanol–water partition coefficient (Wildman–Crippen LogP) is 5.00. The number of hydrogen-bond donors (Lipinski definition) is 2. The van der Waals surface area contributed by atoms with Crippen molar-refractivity contribution in [3.8, 4) is 11.8 Å². The Morgan fingerprint density at radius 1 is 1.03 bits per heavy atom. The number of sulfonamides is 1. The molecule has 2 aliphatic carbocycles. The number of ether oxygens (including phenoxy) is 1. The van der Waals surface area contributed by atoms with E-state index in [4.69, 9.17) is 9.88 Å². The van der Waals surface area contributed by atoms with E-state index in [0.29, 0.717) is 35.3 Å². The Morgan fingerprint density at radius 3 is 2.28 bits per heavy atom. The van der Waals surface area contributed by atoms with Crippen LogP contribution in [0.15, 0.2) is 65.6 Å². The quantitative estimate of drug-likeness (QED) is 0.412. The molecule has 0 spiro atoms. The van der Waals surface area contributed by atoms with Gasteiger partial charge in [-0.15, -0.1) is 0 Å². The van der Waals surface area contributed by atoms with Gasteiger partial charge >= 0.3 is 0 Å². The van der Waals surface area contributed by atoms with Crippen LogP contribution in [0.4, 0.5) is 11.4 Å². The Kier molecular flexibility index (Phi) is 6.53. The molecule has 1 heterocycles. The highest BCUT2D eigenvalue weighted by atomic mass is 32.2. The van der Waals surface area contributed by atoms with Gasteiger partial charge in [0.15, 0.2) is 0 Å². The van der Waals surface area contributed by atoms with Gasteiger partial charge in [-0.3, -0.25) is 4.79 Å². The molecule has 2 saturated carbocycles. The Labute approximate surface area is 228 Å². The summed E-state index contributed by atoms with van der Waals surface area (Å²) in [6.07, 6.45) is 5.06. The van der Waals surface area contributed by atoms with E-state index in [1.54, 1.807) is 24.3 Å². The van der Waals surface area contributed by atoms with Gasteiger partial charge in [-0.2, -0.15) is 5.26 Å². The van der Waals surface area contributed by atoms with Crippen LogP contribution in [0.1, 0.15) is 77.0 Å². The average molecular weight is 543 g/mol. The lowest BCUT2D eigenvalue weighted by molar-refractivity contribution is 0.0936. The molecule has 0 saturated heterocycles. The SMILES string of the molecule is N#CC[C@H](NC(=O)c1ccc2c(c1)OCCN2c1cc(C2CC2)cc(C2CC2)c1)c1ccc(S(N)(=O)=O)cc1. The maximum Gasteiger partial charge on any atom is 0.251 e. The minimum absolute atomic E-state index is 0.0241. The second-order valence-electron chi connectivity index (χ2n) is 10.6. The molecule has 1 amide bonds. The summed E-state index contributed by atoms with van der Waals surface area (Å²) in [4.78, 5) is 15.5. The topological polar surface area (TPSA) is 126 Å². The van der Waals surface area contributed by atoms with Crippen molar-refractivity contribution in [2.45, 2.75) is 54.9 Å². The Bertz CT molecular complexity index is 1540. The molecule has 0 radical (unpaired) electrons. The number of nitrogens with one attached hydrogen (secondary N) is 1. The van der Waals surface area contributed by atoms with E-state index in [1.807, 2.05) is 6.07 Å². The normalized spacial score (nSPS) is 17.5. The lowest BCUT2D eigenvalue weighted by Gasteiger charge is -2.32. The van der Waals surface area contributed by atoms with Gasteiger partial charge in [0.1, 0.15) is 12.4 Å². The highest BCUT2D eigenvalue weighted by Crippen LogP contribution is 2.48. The maximum absolute atomic E-state index is 13.2. The zero-order chi connectivity index (χ0) is 27.1. The molecule has 0 unspecified atom stereocenters. The smallest absolute Gasteiger partial charge is 0.251 e. The first kappa shape index (κ1) is 25.4. The molecular weight excluding hydrogens is 512 g/mol. The standard InChI is InChI=1S/C30H30N4O4S/c31-12-11-27(21-5-8-26(9-6-21)39(32,36)37)33-30(35)22-7-10-28-29(18-22)38-14-13-34(28)25-16-23(19-1-2-19)15-24(17-25)20-3-4-20/h5-10,15-20,27H,1-4,11,13-14H2,(H,33,35)(H2,32,36,37)/t27-/m0/s1. The number of carbonyl (C=O) groups is 1. The summed E-state index contributed by atoms with van der Waals surface area (Å²) in [5.74, 6) is 1.65. The molecular formula is C30H30N4O4S. The van der Waals surface area contributed by atoms with Crippen molar-refractivity contribution in [1.29, 1.82) is 5.26 Å². The van der Waals surface area contributed by atoms with Crippen molar-refractivity contribution in [1.82, 2.24) is 5.32 Å². The average Bonchev–Trinajstić information content (AvgIpc) is 3.84. The van der Waals surface area contributed by atoms with Crippen molar-refractivity contribution in [2.24, 2.45) is 5.14 Å². The zero-order valence-electron chi connectivity index (χ0n) is 21.5. The van der Waals surface area contributed by atoms with Gasteiger partial charge in [-0.05, 0) is 96.7 Å². The van der Waals surface area contributed by atoms with Crippen LogP contribution in [0.3, 0.4) is 0 Å². The van der Waals surface area contributed by atoms with Crippen molar-refractivity contribution in [3.63, 3.8) is 0 Å². The molecule has 3 aromatic carbocycles. The third-order valence-corrected chi connectivity index (χ3v) is 8.60. The molecule has 200 valence electrons. The number of nitriles is 1. The van der Waals surface area contributed by atoms with E-state index < -0.39 is 16.1 Å². The molecule has 1 aliphatic heterocycles. The van der Waals surface area contributed by atoms with Crippen LogP contribution in [0.2, 0.25) is 0 Å². The largest absolute Gasteiger partial charge is 0.490 e. The Balaban J connectivity index is 1.24. The minimum atomic E-state index is -3.83. The van der Waals surface area contributed by atoms with Gasteiger partial charge in [0, 0.05) is 11.3 Å². The monoisotopic (exact) mass is 542 g/mol. The molecule has 3 aliphatic rings. The fourth-order valence-electron chi connectivity index (χ4n) is 5.22. The number of rotatable bonds is 8. The summed E-state index contributed by atoms with van der Waals surface area (Å²) in [6, 6.07) is 19.8. The predicted molar refractivity (Wildman–Crippen MR) is 148 cm³/mol. The van der Waals surface area contributed by atoms with Gasteiger partial charge in [-0.1, -0.05) is 18.2 Å². The molecule has 9 heteroatoms. The number of primary sulfonamides is 1. The molecule has 6 rings (SSSR count). The van der Waals surface area contributed by atoms with Gasteiger partial charge < -0.3 is 15.0 Å². The molecule has 8 nitrogen and oxygen atoms in total. The molecule has 3 aromatic rings. The lowest BCUT2D eigenvalue weighted by Crippen LogP contribution is -2.30. The number of benzene rings is 3. The number of nitrogens with two attached hydrogens (primary N) is 1. The number of amides is 1. The first-order valence-electron chi connectivity index (χ1n) is 13.3. The second kappa shape index (κ2) is 10.0. The van der Waals surface area contributed by atoms with Crippen LogP contribution >= 0.6 is 0 Å². The molecule has 3 N–H and O–H groups in total. The van der Waals surface area contributed by atoms with Crippen molar-refractivity contribution < 1.29 is 17.9 Å². The van der Waals surface area contributed by atoms with Crippen LogP contribution in [0.25, 0.3) is 0 Å². The molecule has 39 heavy (non-hydrogen) atoms. The first-order valence-corrected chi connectivity index (χ1v) is 14.8.